The molecule has 5 rings (SSSR count). The van der Waals surface area contributed by atoms with E-state index in [9.17, 15) is 4.39 Å². The Balaban J connectivity index is 1.38. The Bertz CT molecular complexity index is 1350. The first-order valence-electron chi connectivity index (χ1n) is 10.9. The fraction of sp³-hybridized carbons (Fsp3) is 0.250. The van der Waals surface area contributed by atoms with Crippen LogP contribution in [0.5, 0.6) is 11.6 Å². The van der Waals surface area contributed by atoms with Crippen molar-refractivity contribution in [3.8, 4) is 11.6 Å². The summed E-state index contributed by atoms with van der Waals surface area (Å²) in [6, 6.07) is 9.92. The molecule has 4 aromatic rings. The van der Waals surface area contributed by atoms with E-state index in [1.165, 1.54) is 10.6 Å². The number of fused-ring (bicyclic) bond motifs is 1. The van der Waals surface area contributed by atoms with Crippen molar-refractivity contribution in [2.24, 2.45) is 7.05 Å². The van der Waals surface area contributed by atoms with Crippen molar-refractivity contribution in [3.63, 3.8) is 0 Å². The van der Waals surface area contributed by atoms with Gasteiger partial charge in [-0.05, 0) is 37.3 Å². The second-order valence-electron chi connectivity index (χ2n) is 8.13. The largest absolute Gasteiger partial charge is 0.433 e. The van der Waals surface area contributed by atoms with E-state index in [0.717, 1.165) is 44.3 Å². The molecule has 10 heteroatoms. The molecule has 0 spiro atoms. The van der Waals surface area contributed by atoms with E-state index in [2.05, 4.69) is 25.5 Å². The molecule has 176 valence electrons. The maximum absolute atomic E-state index is 15.1. The number of benzene rings is 2. The van der Waals surface area contributed by atoms with Gasteiger partial charge in [0.15, 0.2) is 23.2 Å². The first-order valence-corrected chi connectivity index (χ1v) is 10.9. The van der Waals surface area contributed by atoms with Gasteiger partial charge in [-0.2, -0.15) is 9.37 Å². The third kappa shape index (κ3) is 4.01. The molecule has 1 fully saturated rings. The number of nitrogens with one attached hydrogen (secondary N) is 2. The Morgan fingerprint density at radius 3 is 2.47 bits per heavy atom. The molecule has 0 radical (unpaired) electrons. The minimum Gasteiger partial charge on any atom is -0.433 e. The molecule has 2 N–H and O–H groups in total. The Labute approximate surface area is 194 Å². The summed E-state index contributed by atoms with van der Waals surface area (Å²) >= 11 is 0. The van der Waals surface area contributed by atoms with Gasteiger partial charge in [0.25, 0.3) is 5.88 Å². The fourth-order valence-corrected chi connectivity index (χ4v) is 4.07. The lowest BCUT2D eigenvalue weighted by molar-refractivity contribution is 0.397. The molecule has 0 aliphatic carbocycles. The van der Waals surface area contributed by atoms with E-state index in [4.69, 9.17) is 4.74 Å². The van der Waals surface area contributed by atoms with Gasteiger partial charge in [-0.3, -0.25) is 0 Å². The van der Waals surface area contributed by atoms with Gasteiger partial charge in [0.2, 0.25) is 5.82 Å². The molecule has 1 aliphatic heterocycles. The van der Waals surface area contributed by atoms with Crippen molar-refractivity contribution in [2.45, 2.75) is 6.92 Å². The van der Waals surface area contributed by atoms with Crippen molar-refractivity contribution >= 4 is 28.1 Å². The zero-order chi connectivity index (χ0) is 23.8. The molecule has 0 unspecified atom stereocenters. The number of piperazine rings is 1. The number of anilines is 3. The minimum atomic E-state index is -0.919. The molecule has 3 heterocycles. The van der Waals surface area contributed by atoms with Crippen molar-refractivity contribution in [1.82, 2.24) is 19.9 Å². The van der Waals surface area contributed by atoms with E-state index in [-0.39, 0.29) is 16.7 Å². The van der Waals surface area contributed by atoms with Gasteiger partial charge in [0.1, 0.15) is 6.33 Å². The summed E-state index contributed by atoms with van der Waals surface area (Å²) in [6.45, 7) is 5.42. The Kier molecular flexibility index (Phi) is 5.74. The summed E-state index contributed by atoms with van der Waals surface area (Å²) in [5.41, 5.74) is 2.47. The molecular weight excluding hydrogens is 445 g/mol. The topological polar surface area (TPSA) is 67.2 Å². The standard InChI is InChI=1S/C24H23F3N6O/c1-14-11-17-20(26)19(12-18(25)22(17)32(14)2)34-24-21(27)23(29-13-30-24)31-15-3-5-16(6-4-15)33-9-7-28-8-10-33/h3-6,11-13,28H,7-10H2,1-2H3,(H,29,30,31). The molecule has 1 saturated heterocycles. The predicted molar refractivity (Wildman–Crippen MR) is 124 cm³/mol. The number of halogens is 3. The minimum absolute atomic E-state index is 0.0485. The van der Waals surface area contributed by atoms with E-state index in [0.29, 0.717) is 11.4 Å². The van der Waals surface area contributed by atoms with Crippen LogP contribution < -0.4 is 20.3 Å². The third-order valence-electron chi connectivity index (χ3n) is 5.99. The highest BCUT2D eigenvalue weighted by Gasteiger charge is 2.21. The average Bonchev–Trinajstić information content (AvgIpc) is 3.15. The highest BCUT2D eigenvalue weighted by Crippen LogP contribution is 2.35. The van der Waals surface area contributed by atoms with Gasteiger partial charge < -0.3 is 24.8 Å². The summed E-state index contributed by atoms with van der Waals surface area (Å²) in [4.78, 5) is 9.96. The smallest absolute Gasteiger partial charge is 0.261 e. The monoisotopic (exact) mass is 468 g/mol. The van der Waals surface area contributed by atoms with Gasteiger partial charge in [0.05, 0.1) is 5.52 Å². The molecule has 0 amide bonds. The van der Waals surface area contributed by atoms with Crippen LogP contribution in [0.2, 0.25) is 0 Å². The van der Waals surface area contributed by atoms with Crippen LogP contribution in [0.3, 0.4) is 0 Å². The van der Waals surface area contributed by atoms with Crippen molar-refractivity contribution in [2.75, 3.05) is 36.4 Å². The summed E-state index contributed by atoms with van der Waals surface area (Å²) in [5, 5.41) is 6.24. The zero-order valence-corrected chi connectivity index (χ0v) is 18.7. The first-order chi connectivity index (χ1) is 16.4. The van der Waals surface area contributed by atoms with Crippen molar-refractivity contribution in [3.05, 3.63) is 65.9 Å². The predicted octanol–water partition coefficient (Wildman–Crippen LogP) is 4.64. The highest BCUT2D eigenvalue weighted by molar-refractivity contribution is 5.84. The van der Waals surface area contributed by atoms with E-state index in [1.807, 2.05) is 24.3 Å². The van der Waals surface area contributed by atoms with Crippen LogP contribution in [0.4, 0.5) is 30.4 Å². The number of nitrogens with zero attached hydrogens (tertiary/aromatic N) is 4. The van der Waals surface area contributed by atoms with Gasteiger partial charge in [0, 0.05) is 61.7 Å². The van der Waals surface area contributed by atoms with Crippen LogP contribution in [0.15, 0.2) is 42.7 Å². The number of aryl methyl sites for hydroxylation is 2. The molecule has 1 aliphatic rings. The second kappa shape index (κ2) is 8.86. The second-order valence-corrected chi connectivity index (χ2v) is 8.13. The molecule has 7 nitrogen and oxygen atoms in total. The van der Waals surface area contributed by atoms with Crippen LogP contribution in [-0.2, 0) is 7.05 Å². The van der Waals surface area contributed by atoms with Crippen LogP contribution in [-0.4, -0.2) is 40.7 Å². The van der Waals surface area contributed by atoms with Gasteiger partial charge in [-0.25, -0.2) is 13.8 Å². The zero-order valence-electron chi connectivity index (χ0n) is 18.7. The lowest BCUT2D eigenvalue weighted by Gasteiger charge is -2.29. The molecule has 34 heavy (non-hydrogen) atoms. The average molecular weight is 468 g/mol. The van der Waals surface area contributed by atoms with Crippen molar-refractivity contribution < 1.29 is 17.9 Å². The Hall–Kier alpha value is -3.79. The van der Waals surface area contributed by atoms with Crippen LogP contribution in [0, 0.1) is 24.4 Å². The van der Waals surface area contributed by atoms with Crippen molar-refractivity contribution in [1.29, 1.82) is 0 Å². The fourth-order valence-electron chi connectivity index (χ4n) is 4.07. The molecule has 2 aromatic heterocycles. The molecule has 0 bridgehead atoms. The molecular formula is C24H23F3N6O. The maximum Gasteiger partial charge on any atom is 0.261 e. The lowest BCUT2D eigenvalue weighted by Crippen LogP contribution is -2.43. The quantitative estimate of drug-likeness (QED) is 0.445. The number of hydrogen-bond acceptors (Lipinski definition) is 6. The maximum atomic E-state index is 15.1. The Morgan fingerprint density at radius 2 is 1.74 bits per heavy atom. The van der Waals surface area contributed by atoms with Crippen LogP contribution >= 0.6 is 0 Å². The van der Waals surface area contributed by atoms with Crippen LogP contribution in [0.1, 0.15) is 5.69 Å². The molecule has 0 saturated carbocycles. The number of ether oxygens (including phenoxy) is 1. The van der Waals surface area contributed by atoms with Gasteiger partial charge in [-0.15, -0.1) is 0 Å². The summed E-state index contributed by atoms with van der Waals surface area (Å²) < 4.78 is 51.6. The van der Waals surface area contributed by atoms with E-state index in [1.54, 1.807) is 14.0 Å². The summed E-state index contributed by atoms with van der Waals surface area (Å²) in [5.74, 6) is -3.51. The van der Waals surface area contributed by atoms with Gasteiger partial charge >= 0.3 is 0 Å². The lowest BCUT2D eigenvalue weighted by atomic mass is 10.2. The van der Waals surface area contributed by atoms with Gasteiger partial charge in [-0.1, -0.05) is 0 Å². The number of hydrogen-bond donors (Lipinski definition) is 2. The third-order valence-corrected chi connectivity index (χ3v) is 5.99. The summed E-state index contributed by atoms with van der Waals surface area (Å²) in [7, 11) is 1.64. The Morgan fingerprint density at radius 1 is 1.00 bits per heavy atom. The molecule has 2 aromatic carbocycles. The highest BCUT2D eigenvalue weighted by atomic mass is 19.1. The molecule has 0 atom stereocenters. The summed E-state index contributed by atoms with van der Waals surface area (Å²) in [6.07, 6.45) is 1.09. The normalized spacial score (nSPS) is 14.0. The first kappa shape index (κ1) is 22.0. The number of rotatable bonds is 5. The van der Waals surface area contributed by atoms with Crippen LogP contribution in [0.25, 0.3) is 10.9 Å². The number of aromatic nitrogens is 3. The van der Waals surface area contributed by atoms with E-state index < -0.39 is 29.1 Å². The SMILES string of the molecule is Cc1cc2c(F)c(Oc3ncnc(Nc4ccc(N5CCNCC5)cc4)c3F)cc(F)c2n1C. The van der Waals surface area contributed by atoms with E-state index >= 15 is 8.78 Å².